The SMILES string of the molecule is CCC(NC(C)c1cnccn1)c1cccs1. The Hall–Kier alpha value is -1.26. The molecule has 2 heterocycles. The zero-order valence-corrected chi connectivity index (χ0v) is 10.9. The second-order valence-electron chi connectivity index (χ2n) is 3.99. The lowest BCUT2D eigenvalue weighted by Crippen LogP contribution is -2.24. The lowest BCUT2D eigenvalue weighted by molar-refractivity contribution is 0.454. The van der Waals surface area contributed by atoms with Gasteiger partial charge in [0.25, 0.3) is 0 Å². The van der Waals surface area contributed by atoms with Gasteiger partial charge in [-0.2, -0.15) is 0 Å². The summed E-state index contributed by atoms with van der Waals surface area (Å²) in [7, 11) is 0. The Balaban J connectivity index is 2.05. The molecule has 2 aromatic heterocycles. The summed E-state index contributed by atoms with van der Waals surface area (Å²) < 4.78 is 0. The van der Waals surface area contributed by atoms with Crippen LogP contribution >= 0.6 is 11.3 Å². The number of hydrogen-bond donors (Lipinski definition) is 1. The van der Waals surface area contributed by atoms with E-state index in [2.05, 4.69) is 46.6 Å². The maximum atomic E-state index is 4.33. The van der Waals surface area contributed by atoms with E-state index in [1.165, 1.54) is 4.88 Å². The van der Waals surface area contributed by atoms with E-state index >= 15 is 0 Å². The zero-order valence-electron chi connectivity index (χ0n) is 10.1. The van der Waals surface area contributed by atoms with Crippen molar-refractivity contribution >= 4 is 11.3 Å². The summed E-state index contributed by atoms with van der Waals surface area (Å²) in [4.78, 5) is 9.81. The van der Waals surface area contributed by atoms with Gasteiger partial charge in [-0.25, -0.2) is 0 Å². The summed E-state index contributed by atoms with van der Waals surface area (Å²) in [5.41, 5.74) is 0.988. The molecule has 0 aliphatic rings. The highest BCUT2D eigenvalue weighted by atomic mass is 32.1. The predicted molar refractivity (Wildman–Crippen MR) is 70.9 cm³/mol. The van der Waals surface area contributed by atoms with Crippen molar-refractivity contribution in [3.8, 4) is 0 Å². The first-order chi connectivity index (χ1) is 8.31. The Bertz CT molecular complexity index is 427. The maximum Gasteiger partial charge on any atom is 0.0753 e. The fourth-order valence-electron chi connectivity index (χ4n) is 1.81. The highest BCUT2D eigenvalue weighted by Crippen LogP contribution is 2.24. The van der Waals surface area contributed by atoms with Crippen LogP contribution in [0, 0.1) is 0 Å². The predicted octanol–water partition coefficient (Wildman–Crippen LogP) is 3.34. The first-order valence-electron chi connectivity index (χ1n) is 5.86. The van der Waals surface area contributed by atoms with E-state index in [9.17, 15) is 0 Å². The van der Waals surface area contributed by atoms with Crippen molar-refractivity contribution in [2.24, 2.45) is 0 Å². The highest BCUT2D eigenvalue weighted by molar-refractivity contribution is 7.10. The molecule has 0 saturated carbocycles. The molecule has 2 rings (SSSR count). The highest BCUT2D eigenvalue weighted by Gasteiger charge is 2.15. The summed E-state index contributed by atoms with van der Waals surface area (Å²) >= 11 is 1.79. The van der Waals surface area contributed by atoms with Crippen LogP contribution in [0.4, 0.5) is 0 Å². The minimum atomic E-state index is 0.218. The van der Waals surface area contributed by atoms with Crippen molar-refractivity contribution in [1.82, 2.24) is 15.3 Å². The standard InChI is InChI=1S/C13H17N3S/c1-3-11(13-5-4-8-17-13)16-10(2)12-9-14-6-7-15-12/h4-11,16H,3H2,1-2H3. The van der Waals surface area contributed by atoms with Gasteiger partial charge in [-0.1, -0.05) is 13.0 Å². The third-order valence-corrected chi connectivity index (χ3v) is 3.76. The van der Waals surface area contributed by atoms with Crippen LogP contribution in [-0.4, -0.2) is 9.97 Å². The van der Waals surface area contributed by atoms with Crippen LogP contribution in [0.3, 0.4) is 0 Å². The van der Waals surface area contributed by atoms with E-state index in [0.717, 1.165) is 12.1 Å². The van der Waals surface area contributed by atoms with Crippen molar-refractivity contribution in [3.05, 3.63) is 46.7 Å². The van der Waals surface area contributed by atoms with Crippen LogP contribution in [0.1, 0.15) is 42.9 Å². The molecule has 17 heavy (non-hydrogen) atoms. The number of nitrogens with one attached hydrogen (secondary N) is 1. The van der Waals surface area contributed by atoms with E-state index in [4.69, 9.17) is 0 Å². The van der Waals surface area contributed by atoms with Crippen molar-refractivity contribution in [3.63, 3.8) is 0 Å². The van der Waals surface area contributed by atoms with Crippen molar-refractivity contribution in [2.75, 3.05) is 0 Å². The van der Waals surface area contributed by atoms with Gasteiger partial charge in [0.15, 0.2) is 0 Å². The van der Waals surface area contributed by atoms with E-state index in [1.54, 1.807) is 23.7 Å². The summed E-state index contributed by atoms with van der Waals surface area (Å²) in [5.74, 6) is 0. The minimum Gasteiger partial charge on any atom is -0.301 e. The molecule has 4 heteroatoms. The van der Waals surface area contributed by atoms with E-state index in [0.29, 0.717) is 6.04 Å². The Morgan fingerprint density at radius 1 is 1.41 bits per heavy atom. The van der Waals surface area contributed by atoms with Crippen LogP contribution in [0.5, 0.6) is 0 Å². The molecule has 2 atom stereocenters. The normalized spacial score (nSPS) is 14.5. The lowest BCUT2D eigenvalue weighted by atomic mass is 10.1. The van der Waals surface area contributed by atoms with Crippen molar-refractivity contribution < 1.29 is 0 Å². The average Bonchev–Trinajstić information content (AvgIpc) is 2.90. The second-order valence-corrected chi connectivity index (χ2v) is 4.97. The topological polar surface area (TPSA) is 37.8 Å². The fourth-order valence-corrected chi connectivity index (χ4v) is 2.68. The monoisotopic (exact) mass is 247 g/mol. The van der Waals surface area contributed by atoms with E-state index < -0.39 is 0 Å². The molecule has 0 aliphatic carbocycles. The number of rotatable bonds is 5. The molecule has 0 aliphatic heterocycles. The Morgan fingerprint density at radius 3 is 2.88 bits per heavy atom. The summed E-state index contributed by atoms with van der Waals surface area (Å²) in [6, 6.07) is 4.88. The van der Waals surface area contributed by atoms with E-state index in [-0.39, 0.29) is 6.04 Å². The summed E-state index contributed by atoms with van der Waals surface area (Å²) in [6.07, 6.45) is 6.33. The number of nitrogens with zero attached hydrogens (tertiary/aromatic N) is 2. The molecule has 2 aromatic rings. The van der Waals surface area contributed by atoms with Crippen LogP contribution in [0.25, 0.3) is 0 Å². The molecule has 0 bridgehead atoms. The first-order valence-corrected chi connectivity index (χ1v) is 6.74. The molecule has 0 fully saturated rings. The average molecular weight is 247 g/mol. The van der Waals surface area contributed by atoms with Gasteiger partial charge in [0, 0.05) is 35.6 Å². The molecule has 2 unspecified atom stereocenters. The maximum absolute atomic E-state index is 4.33. The number of hydrogen-bond acceptors (Lipinski definition) is 4. The second kappa shape index (κ2) is 5.89. The van der Waals surface area contributed by atoms with Gasteiger partial charge >= 0.3 is 0 Å². The number of aromatic nitrogens is 2. The molecule has 0 radical (unpaired) electrons. The minimum absolute atomic E-state index is 0.218. The molecule has 0 saturated heterocycles. The van der Waals surface area contributed by atoms with Gasteiger partial charge in [-0.05, 0) is 24.8 Å². The molecule has 0 amide bonds. The van der Waals surface area contributed by atoms with Crippen molar-refractivity contribution in [2.45, 2.75) is 32.4 Å². The van der Waals surface area contributed by atoms with Gasteiger partial charge < -0.3 is 5.32 Å². The fraction of sp³-hybridized carbons (Fsp3) is 0.385. The van der Waals surface area contributed by atoms with Gasteiger partial charge in [-0.3, -0.25) is 9.97 Å². The Morgan fingerprint density at radius 2 is 2.29 bits per heavy atom. The molecular weight excluding hydrogens is 230 g/mol. The third kappa shape index (κ3) is 3.11. The Labute approximate surface area is 106 Å². The summed E-state index contributed by atoms with van der Waals surface area (Å²) in [5, 5.41) is 5.71. The van der Waals surface area contributed by atoms with Crippen LogP contribution in [0.2, 0.25) is 0 Å². The quantitative estimate of drug-likeness (QED) is 0.880. The molecule has 90 valence electrons. The van der Waals surface area contributed by atoms with Crippen LogP contribution in [0.15, 0.2) is 36.1 Å². The molecule has 0 spiro atoms. The van der Waals surface area contributed by atoms with E-state index in [1.807, 2.05) is 6.20 Å². The van der Waals surface area contributed by atoms with Gasteiger partial charge in [0.05, 0.1) is 5.69 Å². The van der Waals surface area contributed by atoms with Crippen LogP contribution in [-0.2, 0) is 0 Å². The van der Waals surface area contributed by atoms with Gasteiger partial charge in [0.1, 0.15) is 0 Å². The summed E-state index contributed by atoms with van der Waals surface area (Å²) in [6.45, 7) is 4.32. The molecule has 3 nitrogen and oxygen atoms in total. The zero-order chi connectivity index (χ0) is 12.1. The lowest BCUT2D eigenvalue weighted by Gasteiger charge is -2.20. The van der Waals surface area contributed by atoms with Crippen molar-refractivity contribution in [1.29, 1.82) is 0 Å². The third-order valence-electron chi connectivity index (χ3n) is 2.77. The number of thiophene rings is 1. The van der Waals surface area contributed by atoms with Crippen LogP contribution < -0.4 is 5.32 Å². The Kier molecular flexibility index (Phi) is 4.23. The first kappa shape index (κ1) is 12.2. The smallest absolute Gasteiger partial charge is 0.0753 e. The van der Waals surface area contributed by atoms with Gasteiger partial charge in [0.2, 0.25) is 0 Å². The molecule has 1 N–H and O–H groups in total. The molecule has 0 aromatic carbocycles. The largest absolute Gasteiger partial charge is 0.301 e. The molecular formula is C13H17N3S. The van der Waals surface area contributed by atoms with Gasteiger partial charge in [-0.15, -0.1) is 11.3 Å².